The van der Waals surface area contributed by atoms with Gasteiger partial charge in [0.1, 0.15) is 0 Å². The second-order valence-corrected chi connectivity index (χ2v) is 7.31. The quantitative estimate of drug-likeness (QED) is 0.601. The van der Waals surface area contributed by atoms with Gasteiger partial charge in [0.25, 0.3) is 0 Å². The van der Waals surface area contributed by atoms with Crippen molar-refractivity contribution >= 4 is 43.7 Å². The summed E-state index contributed by atoms with van der Waals surface area (Å²) in [6.07, 6.45) is 0. The first kappa shape index (κ1) is 16.3. The maximum atomic E-state index is 5.33. The number of nitrogens with zero attached hydrogens (tertiary/aromatic N) is 1. The minimum atomic E-state index is 0.679. The van der Waals surface area contributed by atoms with E-state index in [1.54, 1.807) is 36.9 Å². The summed E-state index contributed by atoms with van der Waals surface area (Å²) in [6.45, 7) is 0.679. The molecule has 0 aliphatic rings. The van der Waals surface area contributed by atoms with Crippen molar-refractivity contribution in [3.63, 3.8) is 0 Å². The van der Waals surface area contributed by atoms with E-state index in [9.17, 15) is 0 Å². The molecule has 0 atom stereocenters. The van der Waals surface area contributed by atoms with E-state index in [-0.39, 0.29) is 0 Å². The van der Waals surface area contributed by atoms with Crippen molar-refractivity contribution in [3.05, 3.63) is 45.1 Å². The van der Waals surface area contributed by atoms with E-state index in [1.807, 2.05) is 24.3 Å². The van der Waals surface area contributed by atoms with Gasteiger partial charge in [0, 0.05) is 16.4 Å². The number of ether oxygens (including phenoxy) is 2. The zero-order chi connectivity index (χ0) is 16.2. The van der Waals surface area contributed by atoms with E-state index < -0.39 is 0 Å². The number of nitrogens with one attached hydrogen (secondary N) is 1. The van der Waals surface area contributed by atoms with Gasteiger partial charge in [-0.1, -0.05) is 6.07 Å². The smallest absolute Gasteiger partial charge is 0.183 e. The highest BCUT2D eigenvalue weighted by Gasteiger charge is 2.10. The van der Waals surface area contributed by atoms with E-state index in [0.29, 0.717) is 6.54 Å². The van der Waals surface area contributed by atoms with Crippen molar-refractivity contribution < 1.29 is 9.47 Å². The molecule has 0 aliphatic heterocycles. The Hall–Kier alpha value is -1.57. The first-order valence-corrected chi connectivity index (χ1v) is 9.40. The maximum absolute atomic E-state index is 5.33. The van der Waals surface area contributed by atoms with Crippen LogP contribution >= 0.6 is 38.6 Å². The summed E-state index contributed by atoms with van der Waals surface area (Å²) in [4.78, 5) is 5.79. The first-order valence-electron chi connectivity index (χ1n) is 6.85. The first-order chi connectivity index (χ1) is 11.2. The molecule has 0 radical (unpaired) electrons. The third-order valence-corrected chi connectivity index (χ3v) is 5.91. The van der Waals surface area contributed by atoms with Gasteiger partial charge in [-0.25, -0.2) is 4.98 Å². The highest BCUT2D eigenvalue weighted by Crippen LogP contribution is 2.35. The summed E-state index contributed by atoms with van der Waals surface area (Å²) in [5.74, 6) is 1.46. The fourth-order valence-electron chi connectivity index (χ4n) is 2.10. The predicted molar refractivity (Wildman–Crippen MR) is 100.0 cm³/mol. The molecule has 2 heterocycles. The minimum Gasteiger partial charge on any atom is -0.493 e. The van der Waals surface area contributed by atoms with E-state index in [0.717, 1.165) is 37.2 Å². The number of thiophene rings is 1. The SMILES string of the molecule is COc1ccc(CNc2nc(-c3sccc3Br)cs2)cc1OC. The van der Waals surface area contributed by atoms with Crippen LogP contribution in [0, 0.1) is 0 Å². The van der Waals surface area contributed by atoms with Crippen molar-refractivity contribution in [1.82, 2.24) is 4.98 Å². The number of thiazole rings is 1. The number of hydrogen-bond donors (Lipinski definition) is 1. The summed E-state index contributed by atoms with van der Waals surface area (Å²) >= 11 is 6.83. The zero-order valence-electron chi connectivity index (χ0n) is 12.6. The Balaban J connectivity index is 1.69. The monoisotopic (exact) mass is 410 g/mol. The molecule has 1 N–H and O–H groups in total. The summed E-state index contributed by atoms with van der Waals surface area (Å²) < 4.78 is 11.7. The second-order valence-electron chi connectivity index (χ2n) is 4.68. The van der Waals surface area contributed by atoms with Crippen LogP contribution in [0.3, 0.4) is 0 Å². The molecule has 0 amide bonds. The van der Waals surface area contributed by atoms with Crippen LogP contribution in [0.4, 0.5) is 5.13 Å². The van der Waals surface area contributed by atoms with Crippen LogP contribution in [0.25, 0.3) is 10.6 Å². The number of rotatable bonds is 6. The number of hydrogen-bond acceptors (Lipinski definition) is 6. The van der Waals surface area contributed by atoms with Gasteiger partial charge in [0.2, 0.25) is 0 Å². The average molecular weight is 411 g/mol. The van der Waals surface area contributed by atoms with Crippen LogP contribution in [0.5, 0.6) is 11.5 Å². The molecular weight excluding hydrogens is 396 g/mol. The van der Waals surface area contributed by atoms with Gasteiger partial charge in [-0.05, 0) is 45.1 Å². The van der Waals surface area contributed by atoms with Crippen LogP contribution in [-0.2, 0) is 6.54 Å². The average Bonchev–Trinajstić information content (AvgIpc) is 3.21. The van der Waals surface area contributed by atoms with Crippen molar-refractivity contribution in [1.29, 1.82) is 0 Å². The molecule has 23 heavy (non-hydrogen) atoms. The standard InChI is InChI=1S/C16H15BrN2O2S2/c1-20-13-4-3-10(7-14(13)21-2)8-18-16-19-12(9-23-16)15-11(17)5-6-22-15/h3-7,9H,8H2,1-2H3,(H,18,19). The predicted octanol–water partition coefficient (Wildman–Crippen LogP) is 5.26. The lowest BCUT2D eigenvalue weighted by atomic mass is 10.2. The van der Waals surface area contributed by atoms with Crippen molar-refractivity contribution in [2.45, 2.75) is 6.54 Å². The van der Waals surface area contributed by atoms with E-state index >= 15 is 0 Å². The zero-order valence-corrected chi connectivity index (χ0v) is 15.8. The van der Waals surface area contributed by atoms with Gasteiger partial charge in [0.15, 0.2) is 16.6 Å². The topological polar surface area (TPSA) is 43.4 Å². The number of methoxy groups -OCH3 is 2. The number of aromatic nitrogens is 1. The molecule has 120 valence electrons. The number of anilines is 1. The highest BCUT2D eigenvalue weighted by atomic mass is 79.9. The molecule has 1 aromatic carbocycles. The Morgan fingerprint density at radius 1 is 1.13 bits per heavy atom. The Morgan fingerprint density at radius 3 is 2.65 bits per heavy atom. The summed E-state index contributed by atoms with van der Waals surface area (Å²) in [5, 5.41) is 8.36. The van der Waals surface area contributed by atoms with Gasteiger partial charge in [-0.3, -0.25) is 0 Å². The molecule has 0 aliphatic carbocycles. The molecule has 0 spiro atoms. The van der Waals surface area contributed by atoms with E-state index in [4.69, 9.17) is 9.47 Å². The van der Waals surface area contributed by atoms with Crippen LogP contribution in [0.2, 0.25) is 0 Å². The van der Waals surface area contributed by atoms with E-state index in [2.05, 4.69) is 37.0 Å². The fraction of sp³-hybridized carbons (Fsp3) is 0.188. The van der Waals surface area contributed by atoms with Gasteiger partial charge < -0.3 is 14.8 Å². The molecule has 0 unspecified atom stereocenters. The lowest BCUT2D eigenvalue weighted by Crippen LogP contribution is -2.00. The Kier molecular flexibility index (Phi) is 5.20. The normalized spacial score (nSPS) is 10.6. The van der Waals surface area contributed by atoms with Crippen LogP contribution in [0.15, 0.2) is 39.5 Å². The summed E-state index contributed by atoms with van der Waals surface area (Å²) in [7, 11) is 3.27. The Labute approximate surface area is 151 Å². The Bertz CT molecular complexity index is 801. The number of benzene rings is 1. The van der Waals surface area contributed by atoms with E-state index in [1.165, 1.54) is 0 Å². The molecule has 0 bridgehead atoms. The third-order valence-electron chi connectivity index (χ3n) is 3.25. The Morgan fingerprint density at radius 2 is 1.96 bits per heavy atom. The van der Waals surface area contributed by atoms with Crippen molar-refractivity contribution in [2.24, 2.45) is 0 Å². The second kappa shape index (κ2) is 7.33. The summed E-state index contributed by atoms with van der Waals surface area (Å²) in [5.41, 5.74) is 2.10. The van der Waals surface area contributed by atoms with Gasteiger partial charge in [0.05, 0.1) is 24.8 Å². The van der Waals surface area contributed by atoms with Gasteiger partial charge in [-0.2, -0.15) is 0 Å². The van der Waals surface area contributed by atoms with Gasteiger partial charge >= 0.3 is 0 Å². The minimum absolute atomic E-state index is 0.679. The molecule has 0 saturated carbocycles. The number of halogens is 1. The molecule has 3 aromatic rings. The van der Waals surface area contributed by atoms with Crippen LogP contribution in [-0.4, -0.2) is 19.2 Å². The largest absolute Gasteiger partial charge is 0.493 e. The molecule has 7 heteroatoms. The third kappa shape index (κ3) is 3.68. The van der Waals surface area contributed by atoms with Crippen molar-refractivity contribution in [3.8, 4) is 22.1 Å². The lowest BCUT2D eigenvalue weighted by molar-refractivity contribution is 0.354. The molecule has 4 nitrogen and oxygen atoms in total. The molecule has 3 rings (SSSR count). The van der Waals surface area contributed by atoms with Gasteiger partial charge in [-0.15, -0.1) is 22.7 Å². The molecule has 0 fully saturated rings. The summed E-state index contributed by atoms with van der Waals surface area (Å²) in [6, 6.07) is 7.93. The lowest BCUT2D eigenvalue weighted by Gasteiger charge is -2.09. The maximum Gasteiger partial charge on any atom is 0.183 e. The van der Waals surface area contributed by atoms with Crippen LogP contribution < -0.4 is 14.8 Å². The van der Waals surface area contributed by atoms with Crippen LogP contribution in [0.1, 0.15) is 5.56 Å². The molecule has 0 saturated heterocycles. The highest BCUT2D eigenvalue weighted by molar-refractivity contribution is 9.10. The van der Waals surface area contributed by atoms with Crippen molar-refractivity contribution in [2.75, 3.05) is 19.5 Å². The fourth-order valence-corrected chi connectivity index (χ4v) is 4.42. The molecule has 2 aromatic heterocycles. The molecular formula is C16H15BrN2O2S2.